The summed E-state index contributed by atoms with van der Waals surface area (Å²) in [5.41, 5.74) is 3.61. The van der Waals surface area contributed by atoms with Crippen LogP contribution in [0.5, 0.6) is 5.75 Å². The molecule has 0 fully saturated rings. The largest absolute Gasteiger partial charge is 0.497 e. The molecule has 0 heterocycles. The minimum Gasteiger partial charge on any atom is -0.497 e. The number of ketones is 1. The van der Waals surface area contributed by atoms with Gasteiger partial charge in [0.25, 0.3) is 5.91 Å². The zero-order chi connectivity index (χ0) is 21.4. The first kappa shape index (κ1) is 22.1. The lowest BCUT2D eigenvalue weighted by Crippen LogP contribution is -2.35. The van der Waals surface area contributed by atoms with E-state index < -0.39 is 18.0 Å². The van der Waals surface area contributed by atoms with Crippen LogP contribution < -0.4 is 10.1 Å². The molecular weight excluding hydrogens is 370 g/mol. The Morgan fingerprint density at radius 1 is 0.966 bits per heavy atom. The third-order valence-corrected chi connectivity index (χ3v) is 4.69. The van der Waals surface area contributed by atoms with E-state index >= 15 is 0 Å². The Hall–Kier alpha value is -3.15. The molecule has 0 aromatic heterocycles. The van der Waals surface area contributed by atoms with Crippen LogP contribution in [0.25, 0.3) is 0 Å². The number of hydrogen-bond donors (Lipinski definition) is 1. The van der Waals surface area contributed by atoms with Crippen LogP contribution in [-0.4, -0.2) is 30.9 Å². The van der Waals surface area contributed by atoms with Crippen LogP contribution >= 0.6 is 0 Å². The van der Waals surface area contributed by atoms with E-state index in [9.17, 15) is 14.4 Å². The monoisotopic (exact) mass is 397 g/mol. The fourth-order valence-corrected chi connectivity index (χ4v) is 2.66. The molecule has 154 valence electrons. The van der Waals surface area contributed by atoms with E-state index in [1.807, 2.05) is 38.1 Å². The Kier molecular flexibility index (Phi) is 7.95. The van der Waals surface area contributed by atoms with E-state index in [4.69, 9.17) is 9.47 Å². The highest BCUT2D eigenvalue weighted by Gasteiger charge is 2.18. The van der Waals surface area contributed by atoms with E-state index in [1.165, 1.54) is 6.92 Å². The first-order chi connectivity index (χ1) is 13.8. The molecule has 0 spiro atoms. The van der Waals surface area contributed by atoms with E-state index in [0.29, 0.717) is 12.1 Å². The summed E-state index contributed by atoms with van der Waals surface area (Å²) < 4.78 is 10.2. The molecule has 0 radical (unpaired) electrons. The summed E-state index contributed by atoms with van der Waals surface area (Å²) in [5, 5.41) is 2.72. The number of esters is 1. The summed E-state index contributed by atoms with van der Waals surface area (Å²) in [4.78, 5) is 36.4. The number of aryl methyl sites for hydroxylation is 2. The fraction of sp³-hybridized carbons (Fsp3) is 0.348. The number of Topliss-reactive ketones (excluding diaryl/α,β-unsaturated/α-hetero) is 1. The molecule has 1 atom stereocenters. The smallest absolute Gasteiger partial charge is 0.307 e. The molecule has 0 saturated heterocycles. The molecule has 1 N–H and O–H groups in total. The number of amides is 1. The number of carbonyl (C=O) groups excluding carboxylic acids is 3. The maximum atomic E-state index is 12.2. The highest BCUT2D eigenvalue weighted by molar-refractivity contribution is 5.98. The predicted octanol–water partition coefficient (Wildman–Crippen LogP) is 3.52. The van der Waals surface area contributed by atoms with Gasteiger partial charge in [-0.05, 0) is 55.7 Å². The van der Waals surface area contributed by atoms with E-state index in [0.717, 1.165) is 22.4 Å². The van der Waals surface area contributed by atoms with Gasteiger partial charge in [-0.1, -0.05) is 24.3 Å². The van der Waals surface area contributed by atoms with Crippen LogP contribution in [0.15, 0.2) is 42.5 Å². The summed E-state index contributed by atoms with van der Waals surface area (Å²) in [6, 6.07) is 12.7. The van der Waals surface area contributed by atoms with Crippen molar-refractivity contribution in [1.29, 1.82) is 0 Å². The fourth-order valence-electron chi connectivity index (χ4n) is 2.66. The molecule has 2 rings (SSSR count). The minimum atomic E-state index is -0.933. The third-order valence-electron chi connectivity index (χ3n) is 4.69. The quantitative estimate of drug-likeness (QED) is 0.517. The number of nitrogens with one attached hydrogen (secondary N) is 1. The Bertz CT molecular complexity index is 873. The molecule has 1 amide bonds. The molecule has 0 saturated carbocycles. The molecule has 0 unspecified atom stereocenters. The molecule has 0 bridgehead atoms. The number of rotatable bonds is 9. The molecule has 6 heteroatoms. The van der Waals surface area contributed by atoms with Crippen LogP contribution in [0.1, 0.15) is 46.8 Å². The second kappa shape index (κ2) is 10.4. The summed E-state index contributed by atoms with van der Waals surface area (Å²) in [6.45, 7) is 5.73. The maximum absolute atomic E-state index is 12.2. The maximum Gasteiger partial charge on any atom is 0.307 e. The van der Waals surface area contributed by atoms with Crippen LogP contribution in [0, 0.1) is 13.8 Å². The average molecular weight is 397 g/mol. The lowest BCUT2D eigenvalue weighted by Gasteiger charge is -2.13. The molecule has 2 aromatic carbocycles. The lowest BCUT2D eigenvalue weighted by atomic mass is 10.0. The van der Waals surface area contributed by atoms with Gasteiger partial charge in [-0.3, -0.25) is 14.4 Å². The van der Waals surface area contributed by atoms with Crippen molar-refractivity contribution in [3.63, 3.8) is 0 Å². The summed E-state index contributed by atoms with van der Waals surface area (Å²) in [6.07, 6.45) is -0.957. The van der Waals surface area contributed by atoms with Crippen LogP contribution in [0.2, 0.25) is 0 Å². The molecule has 2 aromatic rings. The van der Waals surface area contributed by atoms with Crippen molar-refractivity contribution in [2.24, 2.45) is 0 Å². The first-order valence-electron chi connectivity index (χ1n) is 9.50. The van der Waals surface area contributed by atoms with Crippen LogP contribution in [-0.2, 0) is 20.9 Å². The molecule has 29 heavy (non-hydrogen) atoms. The van der Waals surface area contributed by atoms with Crippen LogP contribution in [0.4, 0.5) is 0 Å². The summed E-state index contributed by atoms with van der Waals surface area (Å²) >= 11 is 0. The zero-order valence-electron chi connectivity index (χ0n) is 17.3. The highest BCUT2D eigenvalue weighted by atomic mass is 16.5. The third kappa shape index (κ3) is 6.75. The van der Waals surface area contributed by atoms with Crippen molar-refractivity contribution in [2.45, 2.75) is 46.3 Å². The number of hydrogen-bond acceptors (Lipinski definition) is 5. The van der Waals surface area contributed by atoms with Gasteiger partial charge in [0.05, 0.1) is 13.5 Å². The van der Waals surface area contributed by atoms with Gasteiger partial charge in [0.1, 0.15) is 5.75 Å². The Morgan fingerprint density at radius 2 is 1.66 bits per heavy atom. The molecule has 0 aliphatic rings. The average Bonchev–Trinajstić information content (AvgIpc) is 2.72. The first-order valence-corrected chi connectivity index (χ1v) is 9.50. The van der Waals surface area contributed by atoms with Crippen molar-refractivity contribution < 1.29 is 23.9 Å². The normalized spacial score (nSPS) is 11.4. The van der Waals surface area contributed by atoms with E-state index in [2.05, 4.69) is 5.32 Å². The Labute approximate surface area is 171 Å². The Balaban J connectivity index is 1.76. The second-order valence-electron chi connectivity index (χ2n) is 6.92. The van der Waals surface area contributed by atoms with Crippen molar-refractivity contribution in [3.8, 4) is 5.75 Å². The van der Waals surface area contributed by atoms with E-state index in [1.54, 1.807) is 25.3 Å². The van der Waals surface area contributed by atoms with Gasteiger partial charge in [-0.15, -0.1) is 0 Å². The molecule has 0 aliphatic carbocycles. The minimum absolute atomic E-state index is 0.0432. The topological polar surface area (TPSA) is 81.7 Å². The number of carbonyl (C=O) groups is 3. The lowest BCUT2D eigenvalue weighted by molar-refractivity contribution is -0.154. The Morgan fingerprint density at radius 3 is 2.28 bits per heavy atom. The standard InChI is InChI=1S/C23H27NO5/c1-15-5-8-19(13-16(15)2)21(25)11-12-22(26)29-17(3)23(27)24-14-18-6-9-20(28-4)10-7-18/h5-10,13,17H,11-12,14H2,1-4H3,(H,24,27)/t17-/m0/s1. The van der Waals surface area contributed by atoms with Gasteiger partial charge in [-0.25, -0.2) is 0 Å². The molecular formula is C23H27NO5. The van der Waals surface area contributed by atoms with E-state index in [-0.39, 0.29) is 18.6 Å². The van der Waals surface area contributed by atoms with Gasteiger partial charge >= 0.3 is 5.97 Å². The second-order valence-corrected chi connectivity index (χ2v) is 6.92. The van der Waals surface area contributed by atoms with Crippen molar-refractivity contribution in [3.05, 3.63) is 64.7 Å². The van der Waals surface area contributed by atoms with Crippen molar-refractivity contribution >= 4 is 17.7 Å². The van der Waals surface area contributed by atoms with Crippen LogP contribution in [0.3, 0.4) is 0 Å². The van der Waals surface area contributed by atoms with Gasteiger partial charge in [0.15, 0.2) is 11.9 Å². The summed E-state index contributed by atoms with van der Waals surface area (Å²) in [5.74, 6) is -0.358. The molecule has 0 aliphatic heterocycles. The van der Waals surface area contributed by atoms with Crippen molar-refractivity contribution in [2.75, 3.05) is 7.11 Å². The number of benzene rings is 2. The van der Waals surface area contributed by atoms with Crippen molar-refractivity contribution in [1.82, 2.24) is 5.32 Å². The van der Waals surface area contributed by atoms with Gasteiger partial charge in [0.2, 0.25) is 0 Å². The number of ether oxygens (including phenoxy) is 2. The number of methoxy groups -OCH3 is 1. The predicted molar refractivity (Wildman–Crippen MR) is 110 cm³/mol. The molecule has 6 nitrogen and oxygen atoms in total. The van der Waals surface area contributed by atoms with Gasteiger partial charge in [-0.2, -0.15) is 0 Å². The zero-order valence-corrected chi connectivity index (χ0v) is 17.3. The summed E-state index contributed by atoms with van der Waals surface area (Å²) in [7, 11) is 1.59. The SMILES string of the molecule is COc1ccc(CNC(=O)[C@H](C)OC(=O)CCC(=O)c2ccc(C)c(C)c2)cc1. The highest BCUT2D eigenvalue weighted by Crippen LogP contribution is 2.13. The van der Waals surface area contributed by atoms with Gasteiger partial charge < -0.3 is 14.8 Å². The van der Waals surface area contributed by atoms with Gasteiger partial charge in [0, 0.05) is 18.5 Å².